The van der Waals surface area contributed by atoms with Crippen molar-refractivity contribution >= 4 is 0 Å². The SMILES string of the molecule is C=CCCCC[C@H](c1ccccc1F)N1CCNCC1. The van der Waals surface area contributed by atoms with Crippen molar-refractivity contribution in [2.24, 2.45) is 0 Å². The molecule has 20 heavy (non-hydrogen) atoms. The summed E-state index contributed by atoms with van der Waals surface area (Å²) in [5.74, 6) is -0.0697. The first kappa shape index (κ1) is 15.2. The molecule has 0 saturated carbocycles. The van der Waals surface area contributed by atoms with Crippen LogP contribution in [0.25, 0.3) is 0 Å². The maximum absolute atomic E-state index is 14.1. The van der Waals surface area contributed by atoms with Crippen LogP contribution in [0.2, 0.25) is 0 Å². The summed E-state index contributed by atoms with van der Waals surface area (Å²) in [4.78, 5) is 2.42. The fourth-order valence-electron chi connectivity index (χ4n) is 2.90. The lowest BCUT2D eigenvalue weighted by Crippen LogP contribution is -2.45. The van der Waals surface area contributed by atoms with E-state index in [2.05, 4.69) is 16.8 Å². The number of nitrogens with zero attached hydrogens (tertiary/aromatic N) is 1. The molecule has 110 valence electrons. The molecule has 1 aliphatic heterocycles. The molecule has 0 radical (unpaired) electrons. The molecule has 3 heteroatoms. The third kappa shape index (κ3) is 4.15. The molecule has 0 bridgehead atoms. The number of hydrogen-bond donors (Lipinski definition) is 1. The number of piperazine rings is 1. The lowest BCUT2D eigenvalue weighted by Gasteiger charge is -2.35. The van der Waals surface area contributed by atoms with E-state index in [0.717, 1.165) is 57.4 Å². The zero-order chi connectivity index (χ0) is 14.2. The highest BCUT2D eigenvalue weighted by Gasteiger charge is 2.23. The molecular weight excluding hydrogens is 251 g/mol. The van der Waals surface area contributed by atoms with Gasteiger partial charge in [0.05, 0.1) is 0 Å². The van der Waals surface area contributed by atoms with Crippen LogP contribution in [0.5, 0.6) is 0 Å². The summed E-state index contributed by atoms with van der Waals surface area (Å²) in [7, 11) is 0. The Kier molecular flexibility index (Phi) is 6.22. The van der Waals surface area contributed by atoms with Gasteiger partial charge in [-0.2, -0.15) is 0 Å². The standard InChI is InChI=1S/C17H25FN2/c1-2-3-4-5-10-17(20-13-11-19-12-14-20)15-8-6-7-9-16(15)18/h2,6-9,17,19H,1,3-5,10-14H2/t17-/m1/s1. The van der Waals surface area contributed by atoms with E-state index in [1.54, 1.807) is 12.1 Å². The van der Waals surface area contributed by atoms with Gasteiger partial charge in [0.15, 0.2) is 0 Å². The highest BCUT2D eigenvalue weighted by atomic mass is 19.1. The number of benzene rings is 1. The first-order valence-electron chi connectivity index (χ1n) is 7.63. The molecule has 1 aromatic rings. The van der Waals surface area contributed by atoms with E-state index in [0.29, 0.717) is 0 Å². The van der Waals surface area contributed by atoms with Crippen LogP contribution in [0, 0.1) is 5.82 Å². The largest absolute Gasteiger partial charge is 0.314 e. The molecule has 2 nitrogen and oxygen atoms in total. The fraction of sp³-hybridized carbons (Fsp3) is 0.529. The second-order valence-corrected chi connectivity index (χ2v) is 5.40. The first-order chi connectivity index (χ1) is 9.83. The number of allylic oxidation sites excluding steroid dienone is 1. The zero-order valence-corrected chi connectivity index (χ0v) is 12.2. The minimum atomic E-state index is -0.0697. The lowest BCUT2D eigenvalue weighted by molar-refractivity contribution is 0.160. The van der Waals surface area contributed by atoms with Crippen molar-refractivity contribution < 1.29 is 4.39 Å². The summed E-state index contributed by atoms with van der Waals surface area (Å²) < 4.78 is 14.1. The van der Waals surface area contributed by atoms with Crippen molar-refractivity contribution in [1.82, 2.24) is 10.2 Å². The summed E-state index contributed by atoms with van der Waals surface area (Å²) in [5.41, 5.74) is 0.855. The van der Waals surface area contributed by atoms with Gasteiger partial charge < -0.3 is 5.32 Å². The van der Waals surface area contributed by atoms with Crippen LogP contribution >= 0.6 is 0 Å². The number of unbranched alkanes of at least 4 members (excludes halogenated alkanes) is 2. The van der Waals surface area contributed by atoms with Gasteiger partial charge in [0.1, 0.15) is 5.82 Å². The van der Waals surface area contributed by atoms with E-state index in [-0.39, 0.29) is 11.9 Å². The minimum absolute atomic E-state index is 0.0697. The third-order valence-corrected chi connectivity index (χ3v) is 3.99. The van der Waals surface area contributed by atoms with Gasteiger partial charge in [-0.15, -0.1) is 6.58 Å². The number of hydrogen-bond acceptors (Lipinski definition) is 2. The highest BCUT2D eigenvalue weighted by Crippen LogP contribution is 2.28. The van der Waals surface area contributed by atoms with Crippen molar-refractivity contribution in [3.63, 3.8) is 0 Å². The number of halogens is 1. The second-order valence-electron chi connectivity index (χ2n) is 5.40. The Labute approximate surface area is 121 Å². The average molecular weight is 276 g/mol. The molecule has 1 saturated heterocycles. The molecule has 1 N–H and O–H groups in total. The van der Waals surface area contributed by atoms with Crippen LogP contribution in [0.4, 0.5) is 4.39 Å². The molecule has 1 aromatic carbocycles. The summed E-state index contributed by atoms with van der Waals surface area (Å²) in [6.07, 6.45) is 6.29. The van der Waals surface area contributed by atoms with Crippen molar-refractivity contribution in [3.05, 3.63) is 48.3 Å². The summed E-state index contributed by atoms with van der Waals surface area (Å²) in [5, 5.41) is 3.36. The van der Waals surface area contributed by atoms with Crippen LogP contribution in [0.1, 0.15) is 37.3 Å². The molecule has 0 amide bonds. The van der Waals surface area contributed by atoms with Gasteiger partial charge in [-0.1, -0.05) is 30.7 Å². The molecule has 1 fully saturated rings. The van der Waals surface area contributed by atoms with Gasteiger partial charge in [-0.3, -0.25) is 4.90 Å². The van der Waals surface area contributed by atoms with Crippen LogP contribution < -0.4 is 5.32 Å². The Balaban J connectivity index is 2.06. The topological polar surface area (TPSA) is 15.3 Å². The zero-order valence-electron chi connectivity index (χ0n) is 12.2. The maximum atomic E-state index is 14.1. The molecular formula is C17H25FN2. The summed E-state index contributed by atoms with van der Waals surface area (Å²) >= 11 is 0. The molecule has 1 aliphatic rings. The van der Waals surface area contributed by atoms with Gasteiger partial charge >= 0.3 is 0 Å². The summed E-state index contributed by atoms with van der Waals surface area (Å²) in [6.45, 7) is 7.76. The molecule has 0 unspecified atom stereocenters. The Hall–Kier alpha value is -1.19. The predicted octanol–water partition coefficient (Wildman–Crippen LogP) is 3.52. The van der Waals surface area contributed by atoms with E-state index in [4.69, 9.17) is 0 Å². The van der Waals surface area contributed by atoms with Crippen molar-refractivity contribution in [3.8, 4) is 0 Å². The summed E-state index contributed by atoms with van der Waals surface area (Å²) in [6, 6.07) is 7.44. The normalized spacial score (nSPS) is 17.9. The van der Waals surface area contributed by atoms with E-state index < -0.39 is 0 Å². The van der Waals surface area contributed by atoms with Gasteiger partial charge in [0.2, 0.25) is 0 Å². The maximum Gasteiger partial charge on any atom is 0.127 e. The number of nitrogens with one attached hydrogen (secondary N) is 1. The van der Waals surface area contributed by atoms with Crippen molar-refractivity contribution in [2.75, 3.05) is 26.2 Å². The van der Waals surface area contributed by atoms with Gasteiger partial charge in [-0.25, -0.2) is 4.39 Å². The molecule has 0 spiro atoms. The second kappa shape index (κ2) is 8.18. The van der Waals surface area contributed by atoms with Crippen molar-refractivity contribution in [1.29, 1.82) is 0 Å². The van der Waals surface area contributed by atoms with Crippen LogP contribution in [-0.4, -0.2) is 31.1 Å². The Bertz CT molecular complexity index is 413. The van der Waals surface area contributed by atoms with E-state index in [9.17, 15) is 4.39 Å². The average Bonchev–Trinajstić information content (AvgIpc) is 2.49. The monoisotopic (exact) mass is 276 g/mol. The Morgan fingerprint density at radius 3 is 2.70 bits per heavy atom. The van der Waals surface area contributed by atoms with E-state index >= 15 is 0 Å². The van der Waals surface area contributed by atoms with E-state index in [1.807, 2.05) is 18.2 Å². The highest BCUT2D eigenvalue weighted by molar-refractivity contribution is 5.21. The molecule has 1 atom stereocenters. The molecule has 2 rings (SSSR count). The third-order valence-electron chi connectivity index (χ3n) is 3.99. The Morgan fingerprint density at radius 2 is 2.00 bits per heavy atom. The number of rotatable bonds is 7. The van der Waals surface area contributed by atoms with Crippen molar-refractivity contribution in [2.45, 2.75) is 31.7 Å². The predicted molar refractivity (Wildman–Crippen MR) is 82.2 cm³/mol. The van der Waals surface area contributed by atoms with Crippen LogP contribution in [0.3, 0.4) is 0 Å². The van der Waals surface area contributed by atoms with Gasteiger partial charge in [0, 0.05) is 37.8 Å². The van der Waals surface area contributed by atoms with Gasteiger partial charge in [-0.05, 0) is 25.3 Å². The molecule has 0 aromatic heterocycles. The quantitative estimate of drug-likeness (QED) is 0.605. The Morgan fingerprint density at radius 1 is 1.25 bits per heavy atom. The minimum Gasteiger partial charge on any atom is -0.314 e. The lowest BCUT2D eigenvalue weighted by atomic mass is 9.97. The first-order valence-corrected chi connectivity index (χ1v) is 7.63. The fourth-order valence-corrected chi connectivity index (χ4v) is 2.90. The van der Waals surface area contributed by atoms with Gasteiger partial charge in [0.25, 0.3) is 0 Å². The molecule has 0 aliphatic carbocycles. The molecule has 1 heterocycles. The van der Waals surface area contributed by atoms with Crippen LogP contribution in [0.15, 0.2) is 36.9 Å². The van der Waals surface area contributed by atoms with Crippen LogP contribution in [-0.2, 0) is 0 Å². The van der Waals surface area contributed by atoms with E-state index in [1.165, 1.54) is 0 Å². The smallest absolute Gasteiger partial charge is 0.127 e.